The lowest BCUT2D eigenvalue weighted by Crippen LogP contribution is -2.11. The fourth-order valence-electron chi connectivity index (χ4n) is 1.63. The Hall–Kier alpha value is -1.71. The third-order valence-corrected chi connectivity index (χ3v) is 3.91. The quantitative estimate of drug-likeness (QED) is 0.641. The lowest BCUT2D eigenvalue weighted by molar-refractivity contribution is 1.12. The summed E-state index contributed by atoms with van der Waals surface area (Å²) in [4.78, 5) is 16.0. The van der Waals surface area contributed by atoms with Crippen molar-refractivity contribution in [1.82, 2.24) is 9.38 Å². The highest BCUT2D eigenvalue weighted by Crippen LogP contribution is 2.27. The molecule has 0 unspecified atom stereocenters. The van der Waals surface area contributed by atoms with E-state index in [2.05, 4.69) is 20.9 Å². The molecule has 0 atom stereocenters. The van der Waals surface area contributed by atoms with Crippen LogP contribution in [0.25, 0.3) is 15.2 Å². The predicted octanol–water partition coefficient (Wildman–Crippen LogP) is 2.54. The maximum Gasteiger partial charge on any atom is 0.291 e. The number of thiazole rings is 1. The molecule has 4 nitrogen and oxygen atoms in total. The van der Waals surface area contributed by atoms with Crippen LogP contribution in [0.4, 0.5) is 0 Å². The van der Waals surface area contributed by atoms with Crippen LogP contribution >= 0.6 is 27.3 Å². The highest BCUT2D eigenvalue weighted by molar-refractivity contribution is 9.10. The second kappa shape index (κ2) is 3.65. The van der Waals surface area contributed by atoms with Crippen molar-refractivity contribution in [3.63, 3.8) is 0 Å². The molecule has 0 saturated heterocycles. The summed E-state index contributed by atoms with van der Waals surface area (Å²) in [6.45, 7) is 0. The second-order valence-corrected chi connectivity index (χ2v) is 5.36. The smallest absolute Gasteiger partial charge is 0.290 e. The molecule has 0 aliphatic carbocycles. The van der Waals surface area contributed by atoms with Crippen molar-refractivity contribution in [2.75, 3.05) is 0 Å². The zero-order valence-corrected chi connectivity index (χ0v) is 10.7. The van der Waals surface area contributed by atoms with Gasteiger partial charge in [0, 0.05) is 10.7 Å². The van der Waals surface area contributed by atoms with Gasteiger partial charge in [-0.3, -0.25) is 9.20 Å². The van der Waals surface area contributed by atoms with E-state index in [1.807, 2.05) is 24.3 Å². The number of rotatable bonds is 0. The van der Waals surface area contributed by atoms with Gasteiger partial charge >= 0.3 is 0 Å². The SMILES string of the molecule is N#Cc1cn2c(nc1=O)sc1cc(Br)ccc12. The van der Waals surface area contributed by atoms with Crippen LogP contribution in [0.3, 0.4) is 0 Å². The third-order valence-electron chi connectivity index (χ3n) is 2.39. The zero-order valence-electron chi connectivity index (χ0n) is 8.35. The molecule has 3 aromatic rings. The van der Waals surface area contributed by atoms with Gasteiger partial charge in [-0.05, 0) is 18.2 Å². The average molecular weight is 306 g/mol. The topological polar surface area (TPSA) is 58.2 Å². The van der Waals surface area contributed by atoms with Crippen molar-refractivity contribution in [1.29, 1.82) is 5.26 Å². The van der Waals surface area contributed by atoms with Crippen molar-refractivity contribution in [2.45, 2.75) is 0 Å². The molecule has 6 heteroatoms. The minimum Gasteiger partial charge on any atom is -0.290 e. The molecule has 0 N–H and O–H groups in total. The molecule has 0 saturated carbocycles. The molecule has 0 amide bonds. The Morgan fingerprint density at radius 1 is 1.47 bits per heavy atom. The number of nitriles is 1. The van der Waals surface area contributed by atoms with Crippen LogP contribution in [0, 0.1) is 11.3 Å². The lowest BCUT2D eigenvalue weighted by atomic mass is 10.3. The van der Waals surface area contributed by atoms with E-state index in [9.17, 15) is 4.79 Å². The van der Waals surface area contributed by atoms with Crippen LogP contribution in [0.2, 0.25) is 0 Å². The Morgan fingerprint density at radius 2 is 2.29 bits per heavy atom. The monoisotopic (exact) mass is 305 g/mol. The van der Waals surface area contributed by atoms with Gasteiger partial charge in [0.05, 0.1) is 10.2 Å². The first kappa shape index (κ1) is 10.4. The summed E-state index contributed by atoms with van der Waals surface area (Å²) in [7, 11) is 0. The summed E-state index contributed by atoms with van der Waals surface area (Å²) >= 11 is 4.82. The molecule has 2 heterocycles. The third kappa shape index (κ3) is 1.55. The molecule has 0 fully saturated rings. The van der Waals surface area contributed by atoms with Crippen molar-refractivity contribution in [3.8, 4) is 6.07 Å². The summed E-state index contributed by atoms with van der Waals surface area (Å²) in [6.07, 6.45) is 1.54. The zero-order chi connectivity index (χ0) is 12.0. The summed E-state index contributed by atoms with van der Waals surface area (Å²) in [5, 5.41) is 8.82. The molecular formula is C11H4BrN3OS. The minimum atomic E-state index is -0.474. The molecule has 0 bridgehead atoms. The molecule has 0 radical (unpaired) electrons. The minimum absolute atomic E-state index is 0.0603. The fraction of sp³-hybridized carbons (Fsp3) is 0. The number of benzene rings is 1. The van der Waals surface area contributed by atoms with Gasteiger partial charge < -0.3 is 0 Å². The highest BCUT2D eigenvalue weighted by Gasteiger charge is 2.08. The van der Waals surface area contributed by atoms with Crippen molar-refractivity contribution in [3.05, 3.63) is 44.8 Å². The van der Waals surface area contributed by atoms with E-state index < -0.39 is 5.56 Å². The number of fused-ring (bicyclic) bond motifs is 3. The molecule has 0 aliphatic heterocycles. The van der Waals surface area contributed by atoms with Gasteiger partial charge in [-0.2, -0.15) is 10.2 Å². The van der Waals surface area contributed by atoms with Gasteiger partial charge in [-0.1, -0.05) is 27.3 Å². The molecule has 2 aromatic heterocycles. The Morgan fingerprint density at radius 3 is 3.06 bits per heavy atom. The van der Waals surface area contributed by atoms with Crippen LogP contribution in [0.1, 0.15) is 5.56 Å². The van der Waals surface area contributed by atoms with Crippen molar-refractivity contribution >= 4 is 42.4 Å². The van der Waals surface area contributed by atoms with Crippen molar-refractivity contribution < 1.29 is 0 Å². The molecular weight excluding hydrogens is 302 g/mol. The van der Waals surface area contributed by atoms with Gasteiger partial charge in [0.1, 0.15) is 11.6 Å². The Kier molecular flexibility index (Phi) is 2.24. The van der Waals surface area contributed by atoms with Crippen LogP contribution in [0.5, 0.6) is 0 Å². The van der Waals surface area contributed by atoms with Crippen LogP contribution in [-0.4, -0.2) is 9.38 Å². The Bertz CT molecular complexity index is 843. The number of hydrogen-bond donors (Lipinski definition) is 0. The summed E-state index contributed by atoms with van der Waals surface area (Å²) in [6, 6.07) is 7.66. The number of nitrogens with zero attached hydrogens (tertiary/aromatic N) is 3. The summed E-state index contributed by atoms with van der Waals surface area (Å²) in [5.74, 6) is 0. The van der Waals surface area contributed by atoms with E-state index in [-0.39, 0.29) is 5.56 Å². The van der Waals surface area contributed by atoms with E-state index in [0.717, 1.165) is 14.7 Å². The summed E-state index contributed by atoms with van der Waals surface area (Å²) in [5.41, 5.74) is 0.528. The Balaban J connectivity index is 2.54. The van der Waals surface area contributed by atoms with Gasteiger partial charge in [-0.15, -0.1) is 0 Å². The molecule has 3 rings (SSSR count). The van der Waals surface area contributed by atoms with E-state index in [0.29, 0.717) is 4.96 Å². The van der Waals surface area contributed by atoms with Crippen molar-refractivity contribution in [2.24, 2.45) is 0 Å². The number of halogens is 1. The average Bonchev–Trinajstić information content (AvgIpc) is 2.63. The summed E-state index contributed by atoms with van der Waals surface area (Å²) < 4.78 is 3.76. The van der Waals surface area contributed by atoms with E-state index >= 15 is 0 Å². The standard InChI is InChI=1S/C11H4BrN3OS/c12-7-1-2-8-9(3-7)17-11-14-10(16)6(4-13)5-15(8)11/h1-3,5H. The predicted molar refractivity (Wildman–Crippen MR) is 69.3 cm³/mol. The van der Waals surface area contributed by atoms with Crippen LogP contribution in [-0.2, 0) is 0 Å². The van der Waals surface area contributed by atoms with E-state index in [1.165, 1.54) is 17.5 Å². The van der Waals surface area contributed by atoms with Gasteiger partial charge in [0.25, 0.3) is 5.56 Å². The molecule has 1 aromatic carbocycles. The first-order valence-corrected chi connectivity index (χ1v) is 6.31. The first-order valence-electron chi connectivity index (χ1n) is 4.70. The maximum atomic E-state index is 11.5. The van der Waals surface area contributed by atoms with Crippen LogP contribution < -0.4 is 5.56 Å². The normalized spacial score (nSPS) is 10.8. The highest BCUT2D eigenvalue weighted by atomic mass is 79.9. The maximum absolute atomic E-state index is 11.5. The molecule has 0 spiro atoms. The van der Waals surface area contributed by atoms with Crippen LogP contribution in [0.15, 0.2) is 33.7 Å². The first-order chi connectivity index (χ1) is 8.19. The van der Waals surface area contributed by atoms with Gasteiger partial charge in [0.2, 0.25) is 0 Å². The second-order valence-electron chi connectivity index (χ2n) is 3.44. The fourth-order valence-corrected chi connectivity index (χ4v) is 3.17. The van der Waals surface area contributed by atoms with Gasteiger partial charge in [0.15, 0.2) is 4.96 Å². The van der Waals surface area contributed by atoms with E-state index in [1.54, 1.807) is 4.40 Å². The van der Waals surface area contributed by atoms with Gasteiger partial charge in [-0.25, -0.2) is 0 Å². The molecule has 0 aliphatic rings. The number of aromatic nitrogens is 2. The number of hydrogen-bond acceptors (Lipinski definition) is 4. The molecule has 17 heavy (non-hydrogen) atoms. The Labute approximate surface area is 108 Å². The molecule has 82 valence electrons. The van der Waals surface area contributed by atoms with E-state index in [4.69, 9.17) is 5.26 Å². The lowest BCUT2D eigenvalue weighted by Gasteiger charge is -1.95. The largest absolute Gasteiger partial charge is 0.291 e.